The molecule has 0 unspecified atom stereocenters. The first kappa shape index (κ1) is 21.1. The Bertz CT molecular complexity index is 1160. The maximum absolute atomic E-state index is 6.49. The quantitative estimate of drug-likeness (QED) is 0.540. The summed E-state index contributed by atoms with van der Waals surface area (Å²) in [5.41, 5.74) is 4.01. The highest BCUT2D eigenvalue weighted by Crippen LogP contribution is 2.51. The smallest absolute Gasteiger partial charge is 0.245 e. The largest absolute Gasteiger partial charge is 0.490 e. The van der Waals surface area contributed by atoms with Gasteiger partial charge in [-0.1, -0.05) is 41.9 Å². The van der Waals surface area contributed by atoms with Gasteiger partial charge in [-0.3, -0.25) is 9.88 Å². The topological polar surface area (TPSA) is 67.3 Å². The molecule has 3 aliphatic rings. The molecule has 4 heterocycles. The molecule has 2 aromatic heterocycles. The van der Waals surface area contributed by atoms with Crippen LogP contribution in [-0.4, -0.2) is 50.8 Å². The first-order valence-corrected chi connectivity index (χ1v) is 12.0. The molecule has 0 radical (unpaired) electrons. The molecule has 0 N–H and O–H groups in total. The summed E-state index contributed by atoms with van der Waals surface area (Å²) in [4.78, 5) is 13.5. The Balaban J connectivity index is 1.08. The van der Waals surface area contributed by atoms with Crippen molar-refractivity contribution in [2.45, 2.75) is 38.5 Å². The van der Waals surface area contributed by atoms with Gasteiger partial charge in [0.2, 0.25) is 5.28 Å². The zero-order valence-corrected chi connectivity index (χ0v) is 19.6. The molecule has 7 nitrogen and oxygen atoms in total. The van der Waals surface area contributed by atoms with Crippen molar-refractivity contribution in [1.82, 2.24) is 25.1 Å². The first-order chi connectivity index (χ1) is 16.1. The molecule has 2 fully saturated rings. The Morgan fingerprint density at radius 2 is 1.88 bits per heavy atom. The van der Waals surface area contributed by atoms with Crippen LogP contribution < -0.4 is 9.64 Å². The van der Waals surface area contributed by atoms with Gasteiger partial charge in [-0.05, 0) is 36.1 Å². The van der Waals surface area contributed by atoms with Gasteiger partial charge in [-0.25, -0.2) is 0 Å². The summed E-state index contributed by atoms with van der Waals surface area (Å²) in [5.74, 6) is 1.61. The van der Waals surface area contributed by atoms with Crippen LogP contribution in [0.3, 0.4) is 0 Å². The fraction of sp³-hybridized carbons (Fsp3) is 0.417. The van der Waals surface area contributed by atoms with E-state index in [0.717, 1.165) is 57.7 Å². The number of benzene rings is 1. The van der Waals surface area contributed by atoms with Crippen LogP contribution in [0.4, 0.5) is 5.82 Å². The Labute approximate surface area is 202 Å². The standard InChI is InChI=1S/C24H24Cl2N6O/c25-21-22(28-23(26)30-29-21)32-14-24(15-32)10-17(11-24)33-20-6-8-27-19-7-9-31(13-18(19)20)12-16-4-2-1-3-5-16/h1-6,8,17H,7,9-15H2. The zero-order valence-electron chi connectivity index (χ0n) is 18.1. The summed E-state index contributed by atoms with van der Waals surface area (Å²) in [6.45, 7) is 4.62. The van der Waals surface area contributed by atoms with E-state index in [-0.39, 0.29) is 16.8 Å². The molecule has 33 heavy (non-hydrogen) atoms. The molecular formula is C24H24Cl2N6O. The van der Waals surface area contributed by atoms with E-state index in [1.807, 2.05) is 12.3 Å². The number of aromatic nitrogens is 4. The van der Waals surface area contributed by atoms with E-state index in [1.165, 1.54) is 16.8 Å². The predicted molar refractivity (Wildman–Crippen MR) is 127 cm³/mol. The van der Waals surface area contributed by atoms with Crippen molar-refractivity contribution in [3.05, 3.63) is 69.9 Å². The molecule has 170 valence electrons. The van der Waals surface area contributed by atoms with Crippen molar-refractivity contribution in [2.24, 2.45) is 5.41 Å². The summed E-state index contributed by atoms with van der Waals surface area (Å²) in [7, 11) is 0. The Hall–Kier alpha value is -2.48. The van der Waals surface area contributed by atoms with Gasteiger partial charge in [0.25, 0.3) is 0 Å². The number of hydrogen-bond donors (Lipinski definition) is 0. The normalized spacial score (nSPS) is 19.6. The van der Waals surface area contributed by atoms with E-state index in [1.54, 1.807) is 0 Å². The average Bonchev–Trinajstić information content (AvgIpc) is 2.77. The number of rotatable bonds is 5. The minimum atomic E-state index is 0.119. The monoisotopic (exact) mass is 482 g/mol. The van der Waals surface area contributed by atoms with Gasteiger partial charge in [0.15, 0.2) is 11.0 Å². The summed E-state index contributed by atoms with van der Waals surface area (Å²) in [6.07, 6.45) is 5.12. The second-order valence-electron chi connectivity index (χ2n) is 9.38. The molecule has 0 bridgehead atoms. The molecule has 1 saturated carbocycles. The maximum Gasteiger partial charge on any atom is 0.245 e. The summed E-state index contributed by atoms with van der Waals surface area (Å²) >= 11 is 12.0. The Morgan fingerprint density at radius 3 is 2.70 bits per heavy atom. The molecule has 0 atom stereocenters. The van der Waals surface area contributed by atoms with E-state index >= 15 is 0 Å². The molecule has 2 aliphatic heterocycles. The van der Waals surface area contributed by atoms with Crippen LogP contribution in [0.1, 0.15) is 29.7 Å². The van der Waals surface area contributed by atoms with E-state index in [9.17, 15) is 0 Å². The van der Waals surface area contributed by atoms with Crippen molar-refractivity contribution in [2.75, 3.05) is 24.5 Å². The highest BCUT2D eigenvalue weighted by atomic mass is 35.5. The second-order valence-corrected chi connectivity index (χ2v) is 10.1. The van der Waals surface area contributed by atoms with Gasteiger partial charge in [0.05, 0.1) is 0 Å². The molecular weight excluding hydrogens is 459 g/mol. The number of halogens is 2. The zero-order chi connectivity index (χ0) is 22.4. The van der Waals surface area contributed by atoms with E-state index in [2.05, 4.69) is 60.3 Å². The lowest BCUT2D eigenvalue weighted by atomic mass is 9.61. The summed E-state index contributed by atoms with van der Waals surface area (Å²) in [6, 6.07) is 12.7. The molecule has 1 aliphatic carbocycles. The predicted octanol–water partition coefficient (Wildman–Crippen LogP) is 4.18. The van der Waals surface area contributed by atoms with Crippen LogP contribution in [0.5, 0.6) is 5.75 Å². The Kier molecular flexibility index (Phi) is 5.35. The van der Waals surface area contributed by atoms with E-state index in [0.29, 0.717) is 11.0 Å². The van der Waals surface area contributed by atoms with Gasteiger partial charge < -0.3 is 9.64 Å². The van der Waals surface area contributed by atoms with Crippen molar-refractivity contribution in [1.29, 1.82) is 0 Å². The van der Waals surface area contributed by atoms with Crippen LogP contribution in [0.25, 0.3) is 0 Å². The van der Waals surface area contributed by atoms with Crippen LogP contribution in [0, 0.1) is 5.41 Å². The fourth-order valence-electron chi connectivity index (χ4n) is 5.38. The van der Waals surface area contributed by atoms with E-state index < -0.39 is 0 Å². The molecule has 3 aromatic rings. The number of pyridine rings is 1. The van der Waals surface area contributed by atoms with Crippen molar-refractivity contribution < 1.29 is 4.74 Å². The molecule has 1 saturated heterocycles. The van der Waals surface area contributed by atoms with Crippen LogP contribution in [0.15, 0.2) is 42.6 Å². The number of fused-ring (bicyclic) bond motifs is 1. The molecule has 9 heteroatoms. The highest BCUT2D eigenvalue weighted by molar-refractivity contribution is 6.32. The lowest BCUT2D eigenvalue weighted by Crippen LogP contribution is -2.65. The SMILES string of the molecule is Clc1nnc(Cl)c(N2CC3(CC(Oc4ccnc5c4CN(Cc4ccccc4)CC5)C3)C2)n1. The molecule has 1 spiro atoms. The minimum Gasteiger partial charge on any atom is -0.490 e. The third-order valence-electron chi connectivity index (χ3n) is 6.97. The molecule has 1 aromatic carbocycles. The Morgan fingerprint density at radius 1 is 1.06 bits per heavy atom. The van der Waals surface area contributed by atoms with Gasteiger partial charge in [-0.15, -0.1) is 10.2 Å². The highest BCUT2D eigenvalue weighted by Gasteiger charge is 2.54. The third kappa shape index (κ3) is 4.14. The fourth-order valence-corrected chi connectivity index (χ4v) is 5.70. The molecule has 0 amide bonds. The summed E-state index contributed by atoms with van der Waals surface area (Å²) < 4.78 is 6.49. The lowest BCUT2D eigenvalue weighted by molar-refractivity contribution is -0.0352. The van der Waals surface area contributed by atoms with Gasteiger partial charge in [-0.2, -0.15) is 4.98 Å². The summed E-state index contributed by atoms with van der Waals surface area (Å²) in [5, 5.41) is 7.97. The number of hydrogen-bond acceptors (Lipinski definition) is 7. The van der Waals surface area contributed by atoms with Crippen molar-refractivity contribution in [3.8, 4) is 5.75 Å². The van der Waals surface area contributed by atoms with Gasteiger partial charge >= 0.3 is 0 Å². The van der Waals surface area contributed by atoms with Gasteiger partial charge in [0.1, 0.15) is 11.9 Å². The lowest BCUT2D eigenvalue weighted by Gasteiger charge is -2.58. The maximum atomic E-state index is 6.49. The van der Waals surface area contributed by atoms with Crippen molar-refractivity contribution in [3.63, 3.8) is 0 Å². The van der Waals surface area contributed by atoms with E-state index in [4.69, 9.17) is 27.9 Å². The third-order valence-corrected chi connectivity index (χ3v) is 7.37. The molecule has 6 rings (SSSR count). The average molecular weight is 483 g/mol. The van der Waals surface area contributed by atoms with Gasteiger partial charge in [0, 0.05) is 62.0 Å². The number of nitrogens with zero attached hydrogens (tertiary/aromatic N) is 6. The number of ether oxygens (including phenoxy) is 1. The second kappa shape index (κ2) is 8.38. The van der Waals surface area contributed by atoms with Crippen LogP contribution in [-0.2, 0) is 19.5 Å². The van der Waals surface area contributed by atoms with Crippen LogP contribution in [0.2, 0.25) is 10.4 Å². The van der Waals surface area contributed by atoms with Crippen LogP contribution >= 0.6 is 23.2 Å². The van der Waals surface area contributed by atoms with Crippen molar-refractivity contribution >= 4 is 29.0 Å². The first-order valence-electron chi connectivity index (χ1n) is 11.3. The number of anilines is 1. The minimum absolute atomic E-state index is 0.119.